The van der Waals surface area contributed by atoms with Gasteiger partial charge in [-0.3, -0.25) is 0 Å². The lowest BCUT2D eigenvalue weighted by Gasteiger charge is -2.16. The summed E-state index contributed by atoms with van der Waals surface area (Å²) < 4.78 is 0. The molecule has 0 saturated heterocycles. The smallest absolute Gasteiger partial charge is 0.119 e. The van der Waals surface area contributed by atoms with E-state index in [4.69, 9.17) is 0 Å². The second-order valence-electron chi connectivity index (χ2n) is 4.43. The number of rotatable bonds is 2. The Morgan fingerprint density at radius 1 is 1.43 bits per heavy atom. The van der Waals surface area contributed by atoms with Crippen molar-refractivity contribution in [2.45, 2.75) is 39.0 Å². The van der Waals surface area contributed by atoms with Crippen LogP contribution in [0.1, 0.15) is 43.7 Å². The topological polar surface area (TPSA) is 20.2 Å². The summed E-state index contributed by atoms with van der Waals surface area (Å²) in [5, 5.41) is 9.85. The maximum absolute atomic E-state index is 9.85. The van der Waals surface area contributed by atoms with E-state index < -0.39 is 0 Å². The quantitative estimate of drug-likeness (QED) is 0.757. The summed E-state index contributed by atoms with van der Waals surface area (Å²) in [6, 6.07) is 5.93. The third-order valence-corrected chi connectivity index (χ3v) is 3.37. The first kappa shape index (κ1) is 9.57. The summed E-state index contributed by atoms with van der Waals surface area (Å²) in [5.41, 5.74) is 2.58. The molecule has 1 heteroatoms. The van der Waals surface area contributed by atoms with E-state index in [0.29, 0.717) is 17.6 Å². The summed E-state index contributed by atoms with van der Waals surface area (Å²) in [5.74, 6) is 1.78. The molecule has 1 aromatic carbocycles. The lowest BCUT2D eigenvalue weighted by Crippen LogP contribution is -2.03. The molecular weight excluding hydrogens is 172 g/mol. The SMILES string of the molecule is CCCC1c2c(O)cccc2CC1C. The van der Waals surface area contributed by atoms with Crippen molar-refractivity contribution in [2.24, 2.45) is 5.92 Å². The van der Waals surface area contributed by atoms with Crippen LogP contribution in [0.3, 0.4) is 0 Å². The van der Waals surface area contributed by atoms with Crippen LogP contribution in [0.4, 0.5) is 0 Å². The Bertz CT molecular complexity index is 330. The Kier molecular flexibility index (Phi) is 2.49. The van der Waals surface area contributed by atoms with Crippen LogP contribution in [0.25, 0.3) is 0 Å². The minimum absolute atomic E-state index is 0.505. The number of fused-ring (bicyclic) bond motifs is 1. The fourth-order valence-electron chi connectivity index (χ4n) is 2.72. The van der Waals surface area contributed by atoms with E-state index >= 15 is 0 Å². The second-order valence-corrected chi connectivity index (χ2v) is 4.43. The lowest BCUT2D eigenvalue weighted by molar-refractivity contribution is 0.430. The van der Waals surface area contributed by atoms with Crippen molar-refractivity contribution < 1.29 is 5.11 Å². The third kappa shape index (κ3) is 1.41. The molecule has 14 heavy (non-hydrogen) atoms. The number of phenols is 1. The predicted molar refractivity (Wildman–Crippen MR) is 58.6 cm³/mol. The molecular formula is C13H18O. The Morgan fingerprint density at radius 3 is 2.93 bits per heavy atom. The Morgan fingerprint density at radius 2 is 2.21 bits per heavy atom. The molecule has 0 amide bonds. The molecule has 0 spiro atoms. The van der Waals surface area contributed by atoms with E-state index in [1.54, 1.807) is 0 Å². The second kappa shape index (κ2) is 3.64. The normalized spacial score (nSPS) is 25.0. The molecule has 1 N–H and O–H groups in total. The van der Waals surface area contributed by atoms with Gasteiger partial charge in [-0.1, -0.05) is 32.4 Å². The molecule has 0 radical (unpaired) electrons. The first-order valence-corrected chi connectivity index (χ1v) is 5.54. The van der Waals surface area contributed by atoms with Gasteiger partial charge in [-0.15, -0.1) is 0 Å². The van der Waals surface area contributed by atoms with E-state index in [1.165, 1.54) is 24.0 Å². The maximum Gasteiger partial charge on any atom is 0.119 e. The van der Waals surface area contributed by atoms with Crippen molar-refractivity contribution in [2.75, 3.05) is 0 Å². The molecule has 2 unspecified atom stereocenters. The van der Waals surface area contributed by atoms with Crippen LogP contribution >= 0.6 is 0 Å². The number of hydrogen-bond acceptors (Lipinski definition) is 1. The highest BCUT2D eigenvalue weighted by Crippen LogP contribution is 2.44. The largest absolute Gasteiger partial charge is 0.508 e. The number of hydrogen-bond donors (Lipinski definition) is 1. The highest BCUT2D eigenvalue weighted by atomic mass is 16.3. The molecule has 0 heterocycles. The number of phenolic OH excluding ortho intramolecular Hbond substituents is 1. The molecule has 0 saturated carbocycles. The average molecular weight is 190 g/mol. The van der Waals surface area contributed by atoms with Gasteiger partial charge >= 0.3 is 0 Å². The predicted octanol–water partition coefficient (Wildman–Crippen LogP) is 3.47. The molecule has 76 valence electrons. The van der Waals surface area contributed by atoms with Gasteiger partial charge in [0, 0.05) is 5.56 Å². The third-order valence-electron chi connectivity index (χ3n) is 3.37. The van der Waals surface area contributed by atoms with Crippen LogP contribution in [-0.4, -0.2) is 5.11 Å². The van der Waals surface area contributed by atoms with Gasteiger partial charge in [0.25, 0.3) is 0 Å². The zero-order valence-electron chi connectivity index (χ0n) is 8.96. The van der Waals surface area contributed by atoms with E-state index in [2.05, 4.69) is 19.9 Å². The van der Waals surface area contributed by atoms with Gasteiger partial charge in [0.05, 0.1) is 0 Å². The van der Waals surface area contributed by atoms with Gasteiger partial charge in [-0.05, 0) is 36.3 Å². The zero-order valence-corrected chi connectivity index (χ0v) is 8.96. The average Bonchev–Trinajstić information content (AvgIpc) is 2.45. The summed E-state index contributed by atoms with van der Waals surface area (Å²) >= 11 is 0. The highest BCUT2D eigenvalue weighted by molar-refractivity contribution is 5.45. The van der Waals surface area contributed by atoms with Crippen molar-refractivity contribution in [1.29, 1.82) is 0 Å². The maximum atomic E-state index is 9.85. The highest BCUT2D eigenvalue weighted by Gasteiger charge is 2.30. The van der Waals surface area contributed by atoms with Crippen LogP contribution in [0.5, 0.6) is 5.75 Å². The minimum Gasteiger partial charge on any atom is -0.508 e. The van der Waals surface area contributed by atoms with Gasteiger partial charge in [-0.25, -0.2) is 0 Å². The van der Waals surface area contributed by atoms with Crippen molar-refractivity contribution in [3.8, 4) is 5.75 Å². The molecule has 1 nitrogen and oxygen atoms in total. The minimum atomic E-state index is 0.505. The van der Waals surface area contributed by atoms with Gasteiger partial charge in [0.2, 0.25) is 0 Å². The summed E-state index contributed by atoms with van der Waals surface area (Å²) in [6.07, 6.45) is 3.53. The van der Waals surface area contributed by atoms with Crippen LogP contribution < -0.4 is 0 Å². The van der Waals surface area contributed by atoms with Crippen molar-refractivity contribution >= 4 is 0 Å². The molecule has 2 rings (SSSR count). The van der Waals surface area contributed by atoms with E-state index in [1.807, 2.05) is 12.1 Å². The first-order valence-electron chi connectivity index (χ1n) is 5.54. The summed E-state index contributed by atoms with van der Waals surface area (Å²) in [6.45, 7) is 4.50. The van der Waals surface area contributed by atoms with Crippen LogP contribution in [0.2, 0.25) is 0 Å². The molecule has 0 bridgehead atoms. The van der Waals surface area contributed by atoms with Crippen molar-refractivity contribution in [1.82, 2.24) is 0 Å². The van der Waals surface area contributed by atoms with Gasteiger partial charge in [0.1, 0.15) is 5.75 Å². The molecule has 0 aromatic heterocycles. The van der Waals surface area contributed by atoms with Gasteiger partial charge < -0.3 is 5.11 Å². The fraction of sp³-hybridized carbons (Fsp3) is 0.538. The monoisotopic (exact) mass is 190 g/mol. The summed E-state index contributed by atoms with van der Waals surface area (Å²) in [4.78, 5) is 0. The van der Waals surface area contributed by atoms with Crippen LogP contribution in [0, 0.1) is 5.92 Å². The summed E-state index contributed by atoms with van der Waals surface area (Å²) in [7, 11) is 0. The van der Waals surface area contributed by atoms with Crippen molar-refractivity contribution in [3.05, 3.63) is 29.3 Å². The van der Waals surface area contributed by atoms with E-state index in [9.17, 15) is 5.11 Å². The van der Waals surface area contributed by atoms with Crippen LogP contribution in [-0.2, 0) is 6.42 Å². The Hall–Kier alpha value is -0.980. The lowest BCUT2D eigenvalue weighted by atomic mass is 9.89. The molecule has 1 aliphatic carbocycles. The van der Waals surface area contributed by atoms with E-state index in [0.717, 1.165) is 6.42 Å². The molecule has 1 aliphatic rings. The van der Waals surface area contributed by atoms with Crippen LogP contribution in [0.15, 0.2) is 18.2 Å². The number of aromatic hydroxyl groups is 1. The molecule has 0 aliphatic heterocycles. The van der Waals surface area contributed by atoms with Crippen molar-refractivity contribution in [3.63, 3.8) is 0 Å². The standard InChI is InChI=1S/C13H18O/c1-3-5-11-9(2)8-10-6-4-7-12(14)13(10)11/h4,6-7,9,11,14H,3,5,8H2,1-2H3. The fourth-order valence-corrected chi connectivity index (χ4v) is 2.72. The van der Waals surface area contributed by atoms with Gasteiger partial charge in [-0.2, -0.15) is 0 Å². The zero-order chi connectivity index (χ0) is 10.1. The Labute approximate surface area is 85.8 Å². The van der Waals surface area contributed by atoms with E-state index in [-0.39, 0.29) is 0 Å². The first-order chi connectivity index (χ1) is 6.74. The van der Waals surface area contributed by atoms with Gasteiger partial charge in [0.15, 0.2) is 0 Å². The molecule has 2 atom stereocenters. The number of benzene rings is 1. The molecule has 0 fully saturated rings. The Balaban J connectivity index is 2.39. The molecule has 1 aromatic rings.